The Kier molecular flexibility index (Phi) is 9.94. The summed E-state index contributed by atoms with van der Waals surface area (Å²) in [7, 11) is 0. The van der Waals surface area contributed by atoms with Gasteiger partial charge in [0.2, 0.25) is 5.91 Å². The second kappa shape index (κ2) is 11.1. The molecule has 0 aromatic heterocycles. The minimum atomic E-state index is 0. The molecule has 0 bridgehead atoms. The van der Waals surface area contributed by atoms with Gasteiger partial charge in [-0.05, 0) is 44.6 Å². The minimum Gasteiger partial charge on any atom is -0.353 e. The van der Waals surface area contributed by atoms with Gasteiger partial charge >= 0.3 is 0 Å². The molecule has 0 spiro atoms. The summed E-state index contributed by atoms with van der Waals surface area (Å²) in [5.41, 5.74) is 7.39. The molecule has 0 radical (unpaired) electrons. The van der Waals surface area contributed by atoms with Crippen molar-refractivity contribution in [1.29, 1.82) is 0 Å². The largest absolute Gasteiger partial charge is 0.353 e. The maximum absolute atomic E-state index is 12.5. The number of nitrogens with two attached hydrogens (primary N) is 1. The zero-order chi connectivity index (χ0) is 16.9. The van der Waals surface area contributed by atoms with Crippen molar-refractivity contribution in [3.05, 3.63) is 35.9 Å². The highest BCUT2D eigenvalue weighted by molar-refractivity contribution is 5.85. The van der Waals surface area contributed by atoms with Crippen molar-refractivity contribution >= 4 is 30.7 Å². The summed E-state index contributed by atoms with van der Waals surface area (Å²) in [6.45, 7) is 4.32. The van der Waals surface area contributed by atoms with Crippen LogP contribution in [0.3, 0.4) is 0 Å². The van der Waals surface area contributed by atoms with Crippen LogP contribution in [0.4, 0.5) is 0 Å². The fraction of sp³-hybridized carbons (Fsp3) is 0.650. The lowest BCUT2D eigenvalue weighted by Gasteiger charge is -2.38. The molecule has 1 saturated carbocycles. The summed E-state index contributed by atoms with van der Waals surface area (Å²) in [5, 5.41) is 3.30. The van der Waals surface area contributed by atoms with E-state index >= 15 is 0 Å². The third-order valence-corrected chi connectivity index (χ3v) is 5.67. The smallest absolute Gasteiger partial charge is 0.223 e. The van der Waals surface area contributed by atoms with E-state index < -0.39 is 0 Å². The maximum Gasteiger partial charge on any atom is 0.223 e. The number of piperidine rings is 1. The lowest BCUT2D eigenvalue weighted by Crippen LogP contribution is -2.50. The van der Waals surface area contributed by atoms with Gasteiger partial charge < -0.3 is 11.1 Å². The van der Waals surface area contributed by atoms with Crippen molar-refractivity contribution in [3.8, 4) is 0 Å². The molecule has 1 saturated heterocycles. The number of carbonyl (C=O) groups is 1. The second-order valence-corrected chi connectivity index (χ2v) is 7.66. The second-order valence-electron chi connectivity index (χ2n) is 7.66. The Bertz CT molecular complexity index is 543. The zero-order valence-corrected chi connectivity index (χ0v) is 17.2. The van der Waals surface area contributed by atoms with Gasteiger partial charge in [-0.15, -0.1) is 24.8 Å². The van der Waals surface area contributed by atoms with Crippen LogP contribution in [0.15, 0.2) is 30.3 Å². The first kappa shape index (κ1) is 23.2. The quantitative estimate of drug-likeness (QED) is 0.810. The number of benzene rings is 1. The minimum absolute atomic E-state index is 0. The van der Waals surface area contributed by atoms with E-state index in [0.717, 1.165) is 51.6 Å². The van der Waals surface area contributed by atoms with E-state index in [1.165, 1.54) is 5.56 Å². The topological polar surface area (TPSA) is 58.4 Å². The highest BCUT2D eigenvalue weighted by Gasteiger charge is 2.30. The molecular formula is C20H33Cl2N3O. The Morgan fingerprint density at radius 1 is 1.15 bits per heavy atom. The van der Waals surface area contributed by atoms with Crippen LogP contribution in [-0.2, 0) is 11.3 Å². The lowest BCUT2D eigenvalue weighted by molar-refractivity contribution is -0.127. The van der Waals surface area contributed by atoms with E-state index in [1.807, 2.05) is 0 Å². The molecule has 2 fully saturated rings. The average molecular weight is 402 g/mol. The zero-order valence-electron chi connectivity index (χ0n) is 15.6. The molecule has 148 valence electrons. The number of rotatable bonds is 4. The highest BCUT2D eigenvalue weighted by atomic mass is 35.5. The van der Waals surface area contributed by atoms with Crippen LogP contribution >= 0.6 is 24.8 Å². The van der Waals surface area contributed by atoms with E-state index in [4.69, 9.17) is 5.73 Å². The molecule has 4 atom stereocenters. The SMILES string of the molecule is CC1CC(NC(=O)C2CCCC(N)C2)CCN1Cc1ccccc1.Cl.Cl. The molecule has 2 aliphatic rings. The molecular weight excluding hydrogens is 369 g/mol. The summed E-state index contributed by atoms with van der Waals surface area (Å²) in [6, 6.07) is 11.7. The molecule has 1 heterocycles. The van der Waals surface area contributed by atoms with Crippen LogP contribution < -0.4 is 11.1 Å². The summed E-state index contributed by atoms with van der Waals surface area (Å²) >= 11 is 0. The van der Waals surface area contributed by atoms with Gasteiger partial charge in [-0.3, -0.25) is 9.69 Å². The summed E-state index contributed by atoms with van der Waals surface area (Å²) in [6.07, 6.45) is 6.10. The normalized spacial score (nSPS) is 29.2. The van der Waals surface area contributed by atoms with Gasteiger partial charge in [-0.2, -0.15) is 0 Å². The van der Waals surface area contributed by atoms with Gasteiger partial charge in [0.15, 0.2) is 0 Å². The first-order valence-electron chi connectivity index (χ1n) is 9.45. The molecule has 3 N–H and O–H groups in total. The van der Waals surface area contributed by atoms with E-state index in [-0.39, 0.29) is 42.7 Å². The number of hydrogen-bond acceptors (Lipinski definition) is 3. The lowest BCUT2D eigenvalue weighted by atomic mass is 9.85. The Hall–Kier alpha value is -0.810. The molecule has 1 aliphatic carbocycles. The highest BCUT2D eigenvalue weighted by Crippen LogP contribution is 2.25. The van der Waals surface area contributed by atoms with Gasteiger partial charge in [0.05, 0.1) is 0 Å². The van der Waals surface area contributed by atoms with Crippen LogP contribution in [0, 0.1) is 5.92 Å². The predicted molar refractivity (Wildman–Crippen MR) is 112 cm³/mol. The third kappa shape index (κ3) is 6.41. The fourth-order valence-corrected chi connectivity index (χ4v) is 4.19. The number of halogens is 2. The molecule has 1 aromatic rings. The number of carbonyl (C=O) groups excluding carboxylic acids is 1. The molecule has 1 aromatic carbocycles. The van der Waals surface area contributed by atoms with Crippen molar-refractivity contribution in [1.82, 2.24) is 10.2 Å². The number of nitrogens with zero attached hydrogens (tertiary/aromatic N) is 1. The van der Waals surface area contributed by atoms with Gasteiger partial charge in [0.1, 0.15) is 0 Å². The van der Waals surface area contributed by atoms with E-state index in [1.54, 1.807) is 0 Å². The van der Waals surface area contributed by atoms with Crippen LogP contribution in [0.2, 0.25) is 0 Å². The molecule has 3 rings (SSSR count). The van der Waals surface area contributed by atoms with Crippen molar-refractivity contribution in [2.45, 2.75) is 70.1 Å². The molecule has 1 aliphatic heterocycles. The van der Waals surface area contributed by atoms with Crippen LogP contribution in [0.25, 0.3) is 0 Å². The summed E-state index contributed by atoms with van der Waals surface area (Å²) in [4.78, 5) is 15.0. The Morgan fingerprint density at radius 2 is 1.88 bits per heavy atom. The summed E-state index contributed by atoms with van der Waals surface area (Å²) < 4.78 is 0. The fourth-order valence-electron chi connectivity index (χ4n) is 4.19. The first-order valence-corrected chi connectivity index (χ1v) is 9.45. The predicted octanol–water partition coefficient (Wildman–Crippen LogP) is 3.52. The Balaban J connectivity index is 0.00000169. The van der Waals surface area contributed by atoms with E-state index in [2.05, 4.69) is 47.5 Å². The number of likely N-dealkylation sites (tertiary alicyclic amines) is 1. The molecule has 4 nitrogen and oxygen atoms in total. The van der Waals surface area contributed by atoms with Crippen molar-refractivity contribution in [2.75, 3.05) is 6.54 Å². The number of nitrogens with one attached hydrogen (secondary N) is 1. The van der Waals surface area contributed by atoms with Crippen LogP contribution in [0.1, 0.15) is 51.0 Å². The number of amides is 1. The summed E-state index contributed by atoms with van der Waals surface area (Å²) in [5.74, 6) is 0.366. The molecule has 6 heteroatoms. The molecule has 1 amide bonds. The Labute approximate surface area is 170 Å². The van der Waals surface area contributed by atoms with Gasteiger partial charge in [0, 0.05) is 37.1 Å². The Morgan fingerprint density at radius 3 is 2.54 bits per heavy atom. The van der Waals surface area contributed by atoms with Crippen molar-refractivity contribution in [3.63, 3.8) is 0 Å². The number of hydrogen-bond donors (Lipinski definition) is 2. The monoisotopic (exact) mass is 401 g/mol. The van der Waals surface area contributed by atoms with Crippen molar-refractivity contribution in [2.24, 2.45) is 11.7 Å². The molecule has 26 heavy (non-hydrogen) atoms. The van der Waals surface area contributed by atoms with Gasteiger partial charge in [0.25, 0.3) is 0 Å². The first-order chi connectivity index (χ1) is 11.6. The maximum atomic E-state index is 12.5. The third-order valence-electron chi connectivity index (χ3n) is 5.67. The van der Waals surface area contributed by atoms with E-state index in [9.17, 15) is 4.79 Å². The van der Waals surface area contributed by atoms with Gasteiger partial charge in [-0.1, -0.05) is 36.8 Å². The van der Waals surface area contributed by atoms with Gasteiger partial charge in [-0.25, -0.2) is 0 Å². The van der Waals surface area contributed by atoms with Crippen molar-refractivity contribution < 1.29 is 4.79 Å². The van der Waals surface area contributed by atoms with Crippen LogP contribution in [0.5, 0.6) is 0 Å². The molecule has 4 unspecified atom stereocenters. The van der Waals surface area contributed by atoms with E-state index in [0.29, 0.717) is 12.1 Å². The van der Waals surface area contributed by atoms with Crippen LogP contribution in [-0.4, -0.2) is 35.5 Å². The standard InChI is InChI=1S/C20H31N3O.2ClH/c1-15-12-19(22-20(24)17-8-5-9-18(21)13-17)10-11-23(15)14-16-6-3-2-4-7-16;;/h2-4,6-7,15,17-19H,5,8-14,21H2,1H3,(H,22,24);2*1H. The average Bonchev–Trinajstić information content (AvgIpc) is 2.58.